The Kier molecular flexibility index (Phi) is 8.40. The monoisotopic (exact) mass is 445 g/mol. The van der Waals surface area contributed by atoms with E-state index in [1.165, 1.54) is 0 Å². The molecule has 0 radical (unpaired) electrons. The summed E-state index contributed by atoms with van der Waals surface area (Å²) in [5, 5.41) is 0. The van der Waals surface area contributed by atoms with Crippen LogP contribution in [0.3, 0.4) is 0 Å². The maximum atomic E-state index is 6.22. The van der Waals surface area contributed by atoms with E-state index in [0.717, 1.165) is 46.7 Å². The van der Waals surface area contributed by atoms with Gasteiger partial charge in [0.1, 0.15) is 11.7 Å². The number of hydrogen-bond donors (Lipinski definition) is 3. The third-order valence-corrected chi connectivity index (χ3v) is 5.28. The first kappa shape index (κ1) is 24.2. The zero-order chi connectivity index (χ0) is 23.8. The lowest BCUT2D eigenvalue weighted by Crippen LogP contribution is -2.19. The van der Waals surface area contributed by atoms with Crippen LogP contribution in [0.5, 0.6) is 0 Å². The number of nitrogens with zero attached hydrogens (tertiary/aromatic N) is 4. The van der Waals surface area contributed by atoms with Gasteiger partial charge in [-0.2, -0.15) is 0 Å². The van der Waals surface area contributed by atoms with Crippen molar-refractivity contribution in [2.45, 2.75) is 0 Å². The zero-order valence-corrected chi connectivity index (χ0v) is 20.0. The molecule has 0 aliphatic rings. The average Bonchev–Trinajstić information content (AvgIpc) is 3.29. The van der Waals surface area contributed by atoms with Gasteiger partial charge < -0.3 is 26.3 Å². The molecule has 0 aliphatic carbocycles. The first-order chi connectivity index (χ1) is 15.8. The van der Waals surface area contributed by atoms with Crippen molar-refractivity contribution in [1.82, 2.24) is 14.8 Å². The molecule has 2 aromatic carbocycles. The van der Waals surface area contributed by atoms with Crippen LogP contribution >= 0.6 is 0 Å². The number of aliphatic imine (C=N–C) groups is 2. The number of nitrogens with one attached hydrogen (secondary N) is 1. The van der Waals surface area contributed by atoms with Gasteiger partial charge in [0.25, 0.3) is 0 Å². The Labute approximate surface area is 196 Å². The molecule has 0 saturated carbocycles. The molecule has 7 heteroatoms. The van der Waals surface area contributed by atoms with Gasteiger partial charge in [-0.25, -0.2) is 0 Å². The van der Waals surface area contributed by atoms with Crippen LogP contribution in [-0.4, -0.2) is 80.8 Å². The molecular weight excluding hydrogens is 410 g/mol. The van der Waals surface area contributed by atoms with E-state index < -0.39 is 0 Å². The second kappa shape index (κ2) is 11.4. The summed E-state index contributed by atoms with van der Waals surface area (Å²) in [5.74, 6) is 1.12. The number of benzene rings is 2. The summed E-state index contributed by atoms with van der Waals surface area (Å²) in [5.41, 5.74) is 18.4. The first-order valence-corrected chi connectivity index (χ1v) is 11.1. The van der Waals surface area contributed by atoms with E-state index >= 15 is 0 Å². The average molecular weight is 446 g/mol. The van der Waals surface area contributed by atoms with Crippen molar-refractivity contribution < 1.29 is 0 Å². The molecule has 0 unspecified atom stereocenters. The minimum atomic E-state index is 0.558. The first-order valence-electron chi connectivity index (χ1n) is 11.1. The number of nitrogens with two attached hydrogens (primary N) is 2. The van der Waals surface area contributed by atoms with Gasteiger partial charge in [0.2, 0.25) is 0 Å². The van der Waals surface area contributed by atoms with E-state index in [1.54, 1.807) is 0 Å². The number of aromatic amines is 1. The highest BCUT2D eigenvalue weighted by atomic mass is 15.1. The summed E-state index contributed by atoms with van der Waals surface area (Å²) < 4.78 is 0. The van der Waals surface area contributed by atoms with Crippen LogP contribution in [-0.2, 0) is 0 Å². The van der Waals surface area contributed by atoms with Crippen LogP contribution < -0.4 is 11.5 Å². The van der Waals surface area contributed by atoms with Crippen molar-refractivity contribution in [3.63, 3.8) is 0 Å². The molecule has 0 aliphatic heterocycles. The van der Waals surface area contributed by atoms with Gasteiger partial charge in [-0.15, -0.1) is 0 Å². The lowest BCUT2D eigenvalue weighted by atomic mass is 10.1. The summed E-state index contributed by atoms with van der Waals surface area (Å²) in [6, 6.07) is 20.4. The van der Waals surface area contributed by atoms with E-state index in [9.17, 15) is 0 Å². The van der Waals surface area contributed by atoms with Crippen molar-refractivity contribution >= 4 is 11.7 Å². The minimum absolute atomic E-state index is 0.558. The predicted octanol–water partition coefficient (Wildman–Crippen LogP) is 2.88. The Hall–Kier alpha value is -3.42. The van der Waals surface area contributed by atoms with Gasteiger partial charge in [0, 0.05) is 35.6 Å². The van der Waals surface area contributed by atoms with Gasteiger partial charge in [-0.1, -0.05) is 36.4 Å². The molecule has 0 spiro atoms. The highest BCUT2D eigenvalue weighted by Crippen LogP contribution is 2.26. The Morgan fingerprint density at radius 3 is 1.52 bits per heavy atom. The summed E-state index contributed by atoms with van der Waals surface area (Å²) >= 11 is 0. The second-order valence-electron chi connectivity index (χ2n) is 8.59. The maximum absolute atomic E-state index is 6.22. The molecule has 0 bridgehead atoms. The number of likely N-dealkylation sites (N-methyl/N-ethyl adjacent to an activating group) is 2. The lowest BCUT2D eigenvalue weighted by molar-refractivity contribution is 0.420. The fourth-order valence-corrected chi connectivity index (χ4v) is 3.35. The van der Waals surface area contributed by atoms with Gasteiger partial charge in [0.05, 0.1) is 13.1 Å². The molecule has 0 fully saturated rings. The van der Waals surface area contributed by atoms with E-state index in [4.69, 9.17) is 11.5 Å². The third kappa shape index (κ3) is 7.03. The molecule has 0 saturated heterocycles. The Morgan fingerprint density at radius 2 is 1.12 bits per heavy atom. The normalized spacial score (nSPS) is 12.7. The van der Waals surface area contributed by atoms with Gasteiger partial charge >= 0.3 is 0 Å². The van der Waals surface area contributed by atoms with Crippen LogP contribution in [0.25, 0.3) is 22.5 Å². The molecule has 3 rings (SSSR count). The summed E-state index contributed by atoms with van der Waals surface area (Å²) in [6.45, 7) is 3.08. The van der Waals surface area contributed by atoms with E-state index in [-0.39, 0.29) is 0 Å². The zero-order valence-electron chi connectivity index (χ0n) is 20.0. The number of amidine groups is 2. The summed E-state index contributed by atoms with van der Waals surface area (Å²) in [4.78, 5) is 16.7. The summed E-state index contributed by atoms with van der Waals surface area (Å²) in [7, 11) is 8.10. The molecule has 174 valence electrons. The highest BCUT2D eigenvalue weighted by molar-refractivity contribution is 5.99. The van der Waals surface area contributed by atoms with Crippen molar-refractivity contribution in [1.29, 1.82) is 0 Å². The quantitative estimate of drug-likeness (QED) is 0.330. The van der Waals surface area contributed by atoms with E-state index in [1.807, 2.05) is 52.5 Å². The smallest absolute Gasteiger partial charge is 0.125 e. The SMILES string of the molecule is CN(C)CCN=C(N)c1cccc(-c2ccc(-c3cccc(C(N)=NCCN(C)C)c3)[nH]2)c1. The fraction of sp³-hybridized carbons (Fsp3) is 0.308. The van der Waals surface area contributed by atoms with Gasteiger partial charge in [0.15, 0.2) is 0 Å². The van der Waals surface area contributed by atoms with Gasteiger partial charge in [-0.05, 0) is 63.6 Å². The third-order valence-electron chi connectivity index (χ3n) is 5.28. The van der Waals surface area contributed by atoms with Crippen LogP contribution in [0.2, 0.25) is 0 Å². The van der Waals surface area contributed by atoms with Crippen LogP contribution in [0.15, 0.2) is 70.6 Å². The van der Waals surface area contributed by atoms with Crippen molar-refractivity contribution in [2.24, 2.45) is 21.5 Å². The van der Waals surface area contributed by atoms with Gasteiger partial charge in [-0.3, -0.25) is 9.98 Å². The van der Waals surface area contributed by atoms with Crippen molar-refractivity contribution in [3.05, 3.63) is 71.8 Å². The lowest BCUT2D eigenvalue weighted by Gasteiger charge is -2.08. The molecule has 7 nitrogen and oxygen atoms in total. The Morgan fingerprint density at radius 1 is 0.697 bits per heavy atom. The van der Waals surface area contributed by atoms with Crippen LogP contribution in [0.4, 0.5) is 0 Å². The second-order valence-corrected chi connectivity index (χ2v) is 8.59. The molecule has 0 atom stereocenters. The number of aromatic nitrogens is 1. The maximum Gasteiger partial charge on any atom is 0.125 e. The Balaban J connectivity index is 1.78. The van der Waals surface area contributed by atoms with Crippen molar-refractivity contribution in [2.75, 3.05) is 54.4 Å². The number of rotatable bonds is 10. The molecular formula is C26H35N7. The van der Waals surface area contributed by atoms with Crippen LogP contribution in [0.1, 0.15) is 11.1 Å². The largest absolute Gasteiger partial charge is 0.384 e. The van der Waals surface area contributed by atoms with E-state index in [0.29, 0.717) is 24.8 Å². The fourth-order valence-electron chi connectivity index (χ4n) is 3.35. The standard InChI is InChI=1S/C26H35N7/c1-32(2)15-13-29-25(27)21-9-5-7-19(17-21)23-11-12-24(31-23)20-8-6-10-22(18-20)26(28)30-14-16-33(3)4/h5-12,17-18,31H,13-16H2,1-4H3,(H2,27,29)(H2,28,30). The summed E-state index contributed by atoms with van der Waals surface area (Å²) in [6.07, 6.45) is 0. The molecule has 1 heterocycles. The topological polar surface area (TPSA) is 99.0 Å². The van der Waals surface area contributed by atoms with E-state index in [2.05, 4.69) is 61.2 Å². The number of hydrogen-bond acceptors (Lipinski definition) is 4. The molecule has 3 aromatic rings. The molecule has 33 heavy (non-hydrogen) atoms. The Bertz CT molecular complexity index is 1020. The van der Waals surface area contributed by atoms with Crippen molar-refractivity contribution in [3.8, 4) is 22.5 Å². The molecule has 0 amide bonds. The molecule has 1 aromatic heterocycles. The minimum Gasteiger partial charge on any atom is -0.384 e. The molecule has 5 N–H and O–H groups in total. The van der Waals surface area contributed by atoms with Crippen LogP contribution in [0, 0.1) is 0 Å². The highest BCUT2D eigenvalue weighted by Gasteiger charge is 2.08. The number of H-pyrrole nitrogens is 1. The predicted molar refractivity (Wildman–Crippen MR) is 140 cm³/mol.